The van der Waals surface area contributed by atoms with Gasteiger partial charge in [0.2, 0.25) is 0 Å². The molecule has 2 heterocycles. The van der Waals surface area contributed by atoms with E-state index in [1.165, 1.54) is 45.4 Å². The van der Waals surface area contributed by atoms with E-state index in [0.29, 0.717) is 0 Å². The van der Waals surface area contributed by atoms with Crippen molar-refractivity contribution in [1.29, 1.82) is 0 Å². The van der Waals surface area contributed by atoms with Crippen LogP contribution in [0.3, 0.4) is 0 Å². The standard InChI is InChI=1S/C16H24N2/c1-18-11-15(12-18)16-7-3-2-6-14(16)9-13-5-4-8-17-10-13/h2-3,6-7,13,15,17H,4-5,8-12H2,1H3. The summed E-state index contributed by atoms with van der Waals surface area (Å²) in [6, 6.07) is 9.11. The van der Waals surface area contributed by atoms with Crippen LogP contribution in [0.25, 0.3) is 0 Å². The topological polar surface area (TPSA) is 15.3 Å². The van der Waals surface area contributed by atoms with Crippen LogP contribution in [0.4, 0.5) is 0 Å². The molecule has 0 aromatic heterocycles. The number of likely N-dealkylation sites (N-methyl/N-ethyl adjacent to an activating group) is 1. The monoisotopic (exact) mass is 244 g/mol. The fraction of sp³-hybridized carbons (Fsp3) is 0.625. The number of hydrogen-bond donors (Lipinski definition) is 1. The zero-order chi connectivity index (χ0) is 12.4. The number of hydrogen-bond acceptors (Lipinski definition) is 2. The zero-order valence-corrected chi connectivity index (χ0v) is 11.4. The first kappa shape index (κ1) is 12.2. The lowest BCUT2D eigenvalue weighted by Crippen LogP contribution is -2.42. The van der Waals surface area contributed by atoms with Crippen LogP contribution in [0.2, 0.25) is 0 Å². The van der Waals surface area contributed by atoms with E-state index < -0.39 is 0 Å². The van der Waals surface area contributed by atoms with E-state index in [1.807, 2.05) is 0 Å². The number of rotatable bonds is 3. The molecule has 0 aliphatic carbocycles. The summed E-state index contributed by atoms with van der Waals surface area (Å²) < 4.78 is 0. The van der Waals surface area contributed by atoms with Crippen molar-refractivity contribution in [2.45, 2.75) is 25.2 Å². The van der Waals surface area contributed by atoms with Gasteiger partial charge in [0, 0.05) is 19.0 Å². The number of benzene rings is 1. The molecule has 0 spiro atoms. The lowest BCUT2D eigenvalue weighted by molar-refractivity contribution is 0.188. The van der Waals surface area contributed by atoms with Gasteiger partial charge >= 0.3 is 0 Å². The highest BCUT2D eigenvalue weighted by Crippen LogP contribution is 2.30. The Morgan fingerprint density at radius 2 is 2.11 bits per heavy atom. The molecule has 18 heavy (non-hydrogen) atoms. The number of nitrogens with zero attached hydrogens (tertiary/aromatic N) is 1. The van der Waals surface area contributed by atoms with E-state index in [4.69, 9.17) is 0 Å². The molecule has 2 aliphatic heterocycles. The maximum atomic E-state index is 3.53. The third kappa shape index (κ3) is 2.60. The van der Waals surface area contributed by atoms with E-state index in [9.17, 15) is 0 Å². The van der Waals surface area contributed by atoms with Gasteiger partial charge in [-0.1, -0.05) is 24.3 Å². The maximum Gasteiger partial charge on any atom is 0.00961 e. The number of nitrogens with one attached hydrogen (secondary N) is 1. The molecule has 2 heteroatoms. The van der Waals surface area contributed by atoms with Gasteiger partial charge in [0.15, 0.2) is 0 Å². The highest BCUT2D eigenvalue weighted by molar-refractivity contribution is 5.33. The van der Waals surface area contributed by atoms with Crippen LogP contribution in [-0.4, -0.2) is 38.1 Å². The minimum atomic E-state index is 0.780. The Morgan fingerprint density at radius 1 is 1.28 bits per heavy atom. The molecule has 3 rings (SSSR count). The van der Waals surface area contributed by atoms with Crippen LogP contribution in [0.5, 0.6) is 0 Å². The fourth-order valence-electron chi connectivity index (χ4n) is 3.42. The molecule has 1 N–H and O–H groups in total. The fourth-order valence-corrected chi connectivity index (χ4v) is 3.42. The Hall–Kier alpha value is -0.860. The second-order valence-electron chi connectivity index (χ2n) is 6.03. The highest BCUT2D eigenvalue weighted by Gasteiger charge is 2.27. The van der Waals surface area contributed by atoms with E-state index in [1.54, 1.807) is 11.1 Å². The van der Waals surface area contributed by atoms with Crippen LogP contribution < -0.4 is 5.32 Å². The maximum absolute atomic E-state index is 3.53. The van der Waals surface area contributed by atoms with Crippen molar-refractivity contribution in [3.05, 3.63) is 35.4 Å². The van der Waals surface area contributed by atoms with Gasteiger partial charge in [-0.3, -0.25) is 0 Å². The van der Waals surface area contributed by atoms with Crippen LogP contribution in [0, 0.1) is 5.92 Å². The smallest absolute Gasteiger partial charge is 0.00961 e. The SMILES string of the molecule is CN1CC(c2ccccc2CC2CCCNC2)C1. The molecule has 2 fully saturated rings. The lowest BCUT2D eigenvalue weighted by Gasteiger charge is -2.38. The van der Waals surface area contributed by atoms with Gasteiger partial charge in [-0.05, 0) is 56.4 Å². The molecule has 1 aromatic rings. The predicted octanol–water partition coefficient (Wildman–Crippen LogP) is 2.26. The van der Waals surface area contributed by atoms with Crippen molar-refractivity contribution in [1.82, 2.24) is 10.2 Å². The van der Waals surface area contributed by atoms with Crippen molar-refractivity contribution in [3.8, 4) is 0 Å². The molecule has 2 aliphatic rings. The molecule has 98 valence electrons. The Morgan fingerprint density at radius 3 is 2.83 bits per heavy atom. The molecule has 1 unspecified atom stereocenters. The Bertz CT molecular complexity index is 390. The predicted molar refractivity (Wildman–Crippen MR) is 76.0 cm³/mol. The molecule has 1 atom stereocenters. The first-order valence-corrected chi connectivity index (χ1v) is 7.30. The van der Waals surface area contributed by atoms with Crippen LogP contribution in [0.15, 0.2) is 24.3 Å². The molecule has 2 nitrogen and oxygen atoms in total. The second-order valence-corrected chi connectivity index (χ2v) is 6.03. The van der Waals surface area contributed by atoms with Gasteiger partial charge in [0.05, 0.1) is 0 Å². The molecular formula is C16H24N2. The van der Waals surface area contributed by atoms with E-state index in [-0.39, 0.29) is 0 Å². The Balaban J connectivity index is 1.70. The number of piperidine rings is 1. The van der Waals surface area contributed by atoms with Crippen molar-refractivity contribution in [3.63, 3.8) is 0 Å². The summed E-state index contributed by atoms with van der Waals surface area (Å²) in [6.07, 6.45) is 4.01. The van der Waals surface area contributed by atoms with Gasteiger partial charge in [0.25, 0.3) is 0 Å². The molecule has 0 amide bonds. The second kappa shape index (κ2) is 5.41. The lowest BCUT2D eigenvalue weighted by atomic mass is 9.84. The van der Waals surface area contributed by atoms with Gasteiger partial charge in [-0.25, -0.2) is 0 Å². The largest absolute Gasteiger partial charge is 0.316 e. The first-order valence-electron chi connectivity index (χ1n) is 7.30. The molecule has 2 saturated heterocycles. The van der Waals surface area contributed by atoms with Crippen LogP contribution >= 0.6 is 0 Å². The van der Waals surface area contributed by atoms with E-state index in [0.717, 1.165) is 11.8 Å². The van der Waals surface area contributed by atoms with E-state index in [2.05, 4.69) is 41.5 Å². The molecule has 0 bridgehead atoms. The first-order chi connectivity index (χ1) is 8.83. The normalized spacial score (nSPS) is 25.9. The van der Waals surface area contributed by atoms with Crippen molar-refractivity contribution >= 4 is 0 Å². The van der Waals surface area contributed by atoms with Gasteiger partial charge < -0.3 is 10.2 Å². The summed E-state index contributed by atoms with van der Waals surface area (Å²) >= 11 is 0. The highest BCUT2D eigenvalue weighted by atomic mass is 15.2. The van der Waals surface area contributed by atoms with Crippen LogP contribution in [-0.2, 0) is 6.42 Å². The van der Waals surface area contributed by atoms with Gasteiger partial charge in [0.1, 0.15) is 0 Å². The third-order valence-electron chi connectivity index (χ3n) is 4.47. The average Bonchev–Trinajstić information content (AvgIpc) is 2.37. The molecular weight excluding hydrogens is 220 g/mol. The van der Waals surface area contributed by atoms with Crippen molar-refractivity contribution < 1.29 is 0 Å². The summed E-state index contributed by atoms with van der Waals surface area (Å²) in [4.78, 5) is 2.41. The third-order valence-corrected chi connectivity index (χ3v) is 4.47. The zero-order valence-electron chi connectivity index (χ0n) is 11.4. The van der Waals surface area contributed by atoms with Crippen LogP contribution in [0.1, 0.15) is 29.9 Å². The summed E-state index contributed by atoms with van der Waals surface area (Å²) in [5, 5.41) is 3.53. The Labute approximate surface area is 110 Å². The molecule has 0 saturated carbocycles. The average molecular weight is 244 g/mol. The quantitative estimate of drug-likeness (QED) is 0.877. The Kier molecular flexibility index (Phi) is 3.67. The number of likely N-dealkylation sites (tertiary alicyclic amines) is 1. The summed E-state index contributed by atoms with van der Waals surface area (Å²) in [5.74, 6) is 1.63. The summed E-state index contributed by atoms with van der Waals surface area (Å²) in [6.45, 7) is 4.89. The summed E-state index contributed by atoms with van der Waals surface area (Å²) in [5.41, 5.74) is 3.21. The minimum absolute atomic E-state index is 0.780. The van der Waals surface area contributed by atoms with Gasteiger partial charge in [-0.15, -0.1) is 0 Å². The van der Waals surface area contributed by atoms with Gasteiger partial charge in [-0.2, -0.15) is 0 Å². The summed E-state index contributed by atoms with van der Waals surface area (Å²) in [7, 11) is 2.21. The minimum Gasteiger partial charge on any atom is -0.316 e. The van der Waals surface area contributed by atoms with E-state index >= 15 is 0 Å². The van der Waals surface area contributed by atoms with Crippen molar-refractivity contribution in [2.24, 2.45) is 5.92 Å². The van der Waals surface area contributed by atoms with Crippen molar-refractivity contribution in [2.75, 3.05) is 33.2 Å². The molecule has 1 aromatic carbocycles. The molecule has 0 radical (unpaired) electrons.